The Labute approximate surface area is 186 Å². The van der Waals surface area contributed by atoms with Crippen LogP contribution in [0.15, 0.2) is 0 Å². The molecule has 182 valence electrons. The molecule has 1 rings (SSSR count). The van der Waals surface area contributed by atoms with Crippen molar-refractivity contribution in [3.63, 3.8) is 0 Å². The molecule has 0 aromatic rings. The van der Waals surface area contributed by atoms with Gasteiger partial charge in [0.25, 0.3) is 0 Å². The molecule has 1 aliphatic rings. The van der Waals surface area contributed by atoms with Gasteiger partial charge in [0.15, 0.2) is 0 Å². The van der Waals surface area contributed by atoms with Gasteiger partial charge in [-0.05, 0) is 6.92 Å². The van der Waals surface area contributed by atoms with Crippen molar-refractivity contribution in [2.75, 3.05) is 78.5 Å². The second kappa shape index (κ2) is 20.0. The summed E-state index contributed by atoms with van der Waals surface area (Å²) < 4.78 is 0. The molecule has 0 aliphatic carbocycles. The number of carboxylic acid groups (broad SMARTS) is 2. The SMILES string of the molecule is CC.CC.CC(=O)CN1CCN(CC=O)CCN(CC(=O)O)CCN(CC(=O)O)CC1. The Kier molecular flexibility index (Phi) is 20.2. The molecule has 0 saturated carbocycles. The van der Waals surface area contributed by atoms with Crippen LogP contribution in [-0.4, -0.2) is 132 Å². The van der Waals surface area contributed by atoms with Crippen LogP contribution in [0.5, 0.6) is 0 Å². The van der Waals surface area contributed by atoms with Gasteiger partial charge in [-0.1, -0.05) is 27.7 Å². The first-order valence-electron chi connectivity index (χ1n) is 11.1. The van der Waals surface area contributed by atoms with Crippen LogP contribution >= 0.6 is 0 Å². The molecule has 0 radical (unpaired) electrons. The molecule has 0 unspecified atom stereocenters. The van der Waals surface area contributed by atoms with E-state index >= 15 is 0 Å². The third kappa shape index (κ3) is 17.5. The van der Waals surface area contributed by atoms with Gasteiger partial charge in [-0.25, -0.2) is 0 Å². The molecule has 0 amide bonds. The molecule has 0 spiro atoms. The lowest BCUT2D eigenvalue weighted by Gasteiger charge is -2.32. The van der Waals surface area contributed by atoms with Gasteiger partial charge in [0.2, 0.25) is 0 Å². The summed E-state index contributed by atoms with van der Waals surface area (Å²) in [5.74, 6) is -1.86. The summed E-state index contributed by atoms with van der Waals surface area (Å²) in [6.07, 6.45) is 0.817. The molecule has 1 heterocycles. The van der Waals surface area contributed by atoms with Gasteiger partial charge in [0.05, 0.1) is 26.2 Å². The Bertz CT molecular complexity index is 486. The van der Waals surface area contributed by atoms with Crippen molar-refractivity contribution >= 4 is 24.0 Å². The van der Waals surface area contributed by atoms with Crippen molar-refractivity contribution in [1.29, 1.82) is 0 Å². The zero-order valence-corrected chi connectivity index (χ0v) is 19.9. The molecule has 1 aliphatic heterocycles. The maximum Gasteiger partial charge on any atom is 0.317 e. The van der Waals surface area contributed by atoms with Gasteiger partial charge in [-0.15, -0.1) is 0 Å². The van der Waals surface area contributed by atoms with E-state index in [1.165, 1.54) is 6.92 Å². The summed E-state index contributed by atoms with van der Waals surface area (Å²) in [6.45, 7) is 13.8. The smallest absolute Gasteiger partial charge is 0.317 e. The van der Waals surface area contributed by atoms with Crippen molar-refractivity contribution in [2.45, 2.75) is 34.6 Å². The Morgan fingerprint density at radius 1 is 0.645 bits per heavy atom. The molecular formula is C21H42N4O6. The lowest BCUT2D eigenvalue weighted by Crippen LogP contribution is -2.48. The van der Waals surface area contributed by atoms with E-state index in [9.17, 15) is 19.2 Å². The molecule has 10 heteroatoms. The van der Waals surface area contributed by atoms with E-state index in [4.69, 9.17) is 10.2 Å². The van der Waals surface area contributed by atoms with Crippen LogP contribution in [-0.2, 0) is 19.2 Å². The van der Waals surface area contributed by atoms with Crippen LogP contribution in [0.2, 0.25) is 0 Å². The highest BCUT2D eigenvalue weighted by Gasteiger charge is 2.19. The second-order valence-corrected chi connectivity index (χ2v) is 6.79. The molecular weight excluding hydrogens is 404 g/mol. The first-order chi connectivity index (χ1) is 14.8. The zero-order chi connectivity index (χ0) is 24.2. The third-order valence-corrected chi connectivity index (χ3v) is 4.43. The summed E-state index contributed by atoms with van der Waals surface area (Å²) >= 11 is 0. The molecule has 0 aromatic heterocycles. The minimum atomic E-state index is -0.943. The summed E-state index contributed by atoms with van der Waals surface area (Å²) in [5.41, 5.74) is 0. The van der Waals surface area contributed by atoms with E-state index < -0.39 is 11.9 Å². The van der Waals surface area contributed by atoms with Gasteiger partial charge >= 0.3 is 11.9 Å². The van der Waals surface area contributed by atoms with E-state index in [1.807, 2.05) is 37.5 Å². The molecule has 0 atom stereocenters. The predicted octanol–water partition coefficient (Wildman–Crippen LogP) is 0.218. The first-order valence-corrected chi connectivity index (χ1v) is 11.1. The highest BCUT2D eigenvalue weighted by atomic mass is 16.4. The maximum absolute atomic E-state index is 11.5. The number of nitrogens with zero attached hydrogens (tertiary/aromatic N) is 4. The van der Waals surface area contributed by atoms with Gasteiger partial charge < -0.3 is 15.0 Å². The van der Waals surface area contributed by atoms with E-state index in [1.54, 1.807) is 9.80 Å². The number of aldehydes is 1. The van der Waals surface area contributed by atoms with E-state index in [0.29, 0.717) is 52.4 Å². The fourth-order valence-corrected chi connectivity index (χ4v) is 3.04. The van der Waals surface area contributed by atoms with Gasteiger partial charge in [-0.2, -0.15) is 0 Å². The van der Waals surface area contributed by atoms with Gasteiger partial charge in [-0.3, -0.25) is 34.0 Å². The van der Waals surface area contributed by atoms with E-state index in [2.05, 4.69) is 0 Å². The lowest BCUT2D eigenvalue weighted by atomic mass is 10.3. The minimum absolute atomic E-state index is 0.0291. The quantitative estimate of drug-likeness (QED) is 0.501. The van der Waals surface area contributed by atoms with E-state index in [-0.39, 0.29) is 32.0 Å². The van der Waals surface area contributed by atoms with Crippen LogP contribution in [0.25, 0.3) is 0 Å². The summed E-state index contributed by atoms with van der Waals surface area (Å²) in [4.78, 5) is 52.1. The topological polar surface area (TPSA) is 122 Å². The first kappa shape index (κ1) is 31.3. The standard InChI is InChI=1S/C17H30N4O6.2C2H6/c1-15(23)12-19-4-2-18(10-11-22)3-5-20(13-16(24)25)8-9-21(7-6-19)14-17(26)27;2*1-2/h11H,2-10,12-14H2,1H3,(H,24,25)(H,26,27);2*1-2H3. The average Bonchev–Trinajstić information content (AvgIpc) is 2.72. The normalized spacial score (nSPS) is 17.6. The highest BCUT2D eigenvalue weighted by molar-refractivity contribution is 5.77. The van der Waals surface area contributed by atoms with Crippen LogP contribution in [0.3, 0.4) is 0 Å². The van der Waals surface area contributed by atoms with Crippen LogP contribution in [0, 0.1) is 0 Å². The van der Waals surface area contributed by atoms with Crippen molar-refractivity contribution in [3.8, 4) is 0 Å². The van der Waals surface area contributed by atoms with Crippen molar-refractivity contribution in [2.24, 2.45) is 0 Å². The monoisotopic (exact) mass is 446 g/mol. The molecule has 2 N–H and O–H groups in total. The van der Waals surface area contributed by atoms with Crippen molar-refractivity contribution in [1.82, 2.24) is 19.6 Å². The van der Waals surface area contributed by atoms with Gasteiger partial charge in [0.1, 0.15) is 12.1 Å². The van der Waals surface area contributed by atoms with E-state index in [0.717, 1.165) is 6.29 Å². The van der Waals surface area contributed by atoms with Crippen LogP contribution in [0.4, 0.5) is 0 Å². The molecule has 1 fully saturated rings. The predicted molar refractivity (Wildman–Crippen MR) is 120 cm³/mol. The average molecular weight is 447 g/mol. The molecule has 1 saturated heterocycles. The molecule has 31 heavy (non-hydrogen) atoms. The van der Waals surface area contributed by atoms with Gasteiger partial charge in [0, 0.05) is 52.4 Å². The number of hydrogen-bond donors (Lipinski definition) is 2. The zero-order valence-electron chi connectivity index (χ0n) is 19.9. The largest absolute Gasteiger partial charge is 0.480 e. The Hall–Kier alpha value is -1.88. The number of hydrogen-bond acceptors (Lipinski definition) is 8. The van der Waals surface area contributed by atoms with Crippen LogP contribution < -0.4 is 0 Å². The molecule has 10 nitrogen and oxygen atoms in total. The highest BCUT2D eigenvalue weighted by Crippen LogP contribution is 2.01. The summed E-state index contributed by atoms with van der Waals surface area (Å²) in [5, 5.41) is 18.2. The van der Waals surface area contributed by atoms with Crippen molar-refractivity contribution < 1.29 is 29.4 Å². The maximum atomic E-state index is 11.5. The number of carbonyl (C=O) groups excluding carboxylic acids is 2. The summed E-state index contributed by atoms with van der Waals surface area (Å²) in [7, 11) is 0. The Morgan fingerprint density at radius 3 is 1.19 bits per heavy atom. The number of aliphatic carboxylic acids is 2. The molecule has 0 bridgehead atoms. The fourth-order valence-electron chi connectivity index (χ4n) is 3.04. The second-order valence-electron chi connectivity index (χ2n) is 6.79. The minimum Gasteiger partial charge on any atom is -0.480 e. The Balaban J connectivity index is 0. The third-order valence-electron chi connectivity index (χ3n) is 4.43. The summed E-state index contributed by atoms with van der Waals surface area (Å²) in [6, 6.07) is 0. The van der Waals surface area contributed by atoms with Crippen LogP contribution in [0.1, 0.15) is 34.6 Å². The number of rotatable bonds is 8. The number of ketones is 1. The number of Topliss-reactive ketones (excluding diaryl/α,β-unsaturated/α-hetero) is 1. The molecule has 0 aromatic carbocycles. The lowest BCUT2D eigenvalue weighted by molar-refractivity contribution is -0.140. The van der Waals surface area contributed by atoms with Crippen molar-refractivity contribution in [3.05, 3.63) is 0 Å². The Morgan fingerprint density at radius 2 is 0.935 bits per heavy atom. The number of carbonyl (C=O) groups is 4. The fraction of sp³-hybridized carbons (Fsp3) is 0.810. The number of carboxylic acids is 2.